The van der Waals surface area contributed by atoms with Gasteiger partial charge in [-0.15, -0.1) is 0 Å². The molecule has 8 atom stereocenters. The molecule has 0 unspecified atom stereocenters. The van der Waals surface area contributed by atoms with Gasteiger partial charge in [0.15, 0.2) is 5.78 Å². The van der Waals surface area contributed by atoms with Crippen LogP contribution in [0, 0.1) is 50.7 Å². The summed E-state index contributed by atoms with van der Waals surface area (Å²) >= 11 is 0. The van der Waals surface area contributed by atoms with E-state index in [-0.39, 0.29) is 27.6 Å². The van der Waals surface area contributed by atoms with Gasteiger partial charge in [0.05, 0.1) is 5.41 Å². The minimum Gasteiger partial charge on any atom is -0.481 e. The Morgan fingerprint density at radius 2 is 1.58 bits per heavy atom. The predicted molar refractivity (Wildman–Crippen MR) is 132 cm³/mol. The van der Waals surface area contributed by atoms with Crippen LogP contribution in [0.5, 0.6) is 0 Å². The lowest BCUT2D eigenvalue weighted by molar-refractivity contribution is -0.173. The van der Waals surface area contributed by atoms with E-state index in [2.05, 4.69) is 41.5 Å². The zero-order chi connectivity index (χ0) is 24.2. The Bertz CT molecular complexity index is 971. The fraction of sp³-hybridized carbons (Fsp3) is 0.800. The van der Waals surface area contributed by atoms with E-state index in [1.807, 2.05) is 19.1 Å². The molecule has 3 nitrogen and oxygen atoms in total. The van der Waals surface area contributed by atoms with Crippen LogP contribution in [0.1, 0.15) is 99.8 Å². The molecule has 0 radical (unpaired) electrons. The molecule has 0 bridgehead atoms. The number of fused-ring (bicyclic) bond motifs is 7. The molecule has 5 aliphatic carbocycles. The molecule has 182 valence electrons. The molecule has 0 amide bonds. The van der Waals surface area contributed by atoms with Crippen molar-refractivity contribution >= 4 is 11.8 Å². The lowest BCUT2D eigenvalue weighted by Gasteiger charge is -2.66. The van der Waals surface area contributed by atoms with Crippen molar-refractivity contribution in [3.05, 3.63) is 23.3 Å². The lowest BCUT2D eigenvalue weighted by Crippen LogP contribution is -2.62. The van der Waals surface area contributed by atoms with E-state index < -0.39 is 11.4 Å². The first-order valence-corrected chi connectivity index (χ1v) is 13.4. The third-order valence-corrected chi connectivity index (χ3v) is 12.2. The Kier molecular flexibility index (Phi) is 4.85. The highest BCUT2D eigenvalue weighted by molar-refractivity contribution is 5.96. The highest BCUT2D eigenvalue weighted by atomic mass is 16.4. The average molecular weight is 453 g/mol. The summed E-state index contributed by atoms with van der Waals surface area (Å²) in [5.41, 5.74) is 1.86. The van der Waals surface area contributed by atoms with Gasteiger partial charge in [0, 0.05) is 5.92 Å². The first kappa shape index (κ1) is 23.4. The van der Waals surface area contributed by atoms with Crippen molar-refractivity contribution in [3.63, 3.8) is 0 Å². The maximum atomic E-state index is 14.1. The SMILES string of the molecule is C[C@H]1CC[C@]2(C)[C@H]3C(=O)C=C4C5=C[C@@](C)(C(=O)O)CC[C@]5(C)CC[C@H]4[C@]3(C)CC[C@H]2C1(C)C. The first-order chi connectivity index (χ1) is 15.2. The zero-order valence-electron chi connectivity index (χ0n) is 21.9. The molecule has 5 rings (SSSR count). The van der Waals surface area contributed by atoms with Crippen LogP contribution in [-0.2, 0) is 9.59 Å². The van der Waals surface area contributed by atoms with Crippen LogP contribution in [0.15, 0.2) is 23.3 Å². The van der Waals surface area contributed by atoms with E-state index in [9.17, 15) is 14.7 Å². The second kappa shape index (κ2) is 6.85. The van der Waals surface area contributed by atoms with E-state index in [1.54, 1.807) is 0 Å². The normalized spacial score (nSPS) is 50.7. The number of hydrogen-bond acceptors (Lipinski definition) is 2. The fourth-order valence-corrected chi connectivity index (χ4v) is 9.69. The molecule has 0 saturated heterocycles. The van der Waals surface area contributed by atoms with Crippen LogP contribution in [0.2, 0.25) is 0 Å². The molecule has 3 heteroatoms. The highest BCUT2D eigenvalue weighted by Crippen LogP contribution is 2.71. The average Bonchev–Trinajstić information content (AvgIpc) is 2.71. The van der Waals surface area contributed by atoms with Crippen molar-refractivity contribution in [2.75, 3.05) is 0 Å². The Hall–Kier alpha value is -1.38. The summed E-state index contributed by atoms with van der Waals surface area (Å²) in [5, 5.41) is 9.96. The third kappa shape index (κ3) is 2.92. The van der Waals surface area contributed by atoms with Crippen LogP contribution in [0.4, 0.5) is 0 Å². The molecule has 33 heavy (non-hydrogen) atoms. The molecule has 0 aliphatic heterocycles. The molecule has 5 aliphatic rings. The second-order valence-electron chi connectivity index (χ2n) is 14.2. The number of carbonyl (C=O) groups is 2. The van der Waals surface area contributed by atoms with Gasteiger partial charge in [-0.25, -0.2) is 0 Å². The van der Waals surface area contributed by atoms with Gasteiger partial charge in [0.2, 0.25) is 0 Å². The number of carbonyl (C=O) groups excluding carboxylic acids is 1. The minimum atomic E-state index is -0.828. The van der Waals surface area contributed by atoms with E-state index >= 15 is 0 Å². The molecule has 0 aromatic carbocycles. The molecular weight excluding hydrogens is 408 g/mol. The van der Waals surface area contributed by atoms with E-state index in [0.717, 1.165) is 32.1 Å². The minimum absolute atomic E-state index is 0.00410. The molecule has 3 fully saturated rings. The largest absolute Gasteiger partial charge is 0.481 e. The summed E-state index contributed by atoms with van der Waals surface area (Å²) in [6, 6.07) is 0. The number of rotatable bonds is 1. The maximum Gasteiger partial charge on any atom is 0.313 e. The molecule has 0 aromatic heterocycles. The molecule has 0 aromatic rings. The van der Waals surface area contributed by atoms with Gasteiger partial charge in [-0.05, 0) is 115 Å². The number of carboxylic acid groups (broad SMARTS) is 1. The Labute approximate surface area is 200 Å². The van der Waals surface area contributed by atoms with Crippen LogP contribution in [-0.4, -0.2) is 16.9 Å². The van der Waals surface area contributed by atoms with Crippen molar-refractivity contribution in [1.29, 1.82) is 0 Å². The van der Waals surface area contributed by atoms with Gasteiger partial charge in [0.25, 0.3) is 0 Å². The van der Waals surface area contributed by atoms with E-state index in [1.165, 1.54) is 24.0 Å². The Balaban J connectivity index is 1.63. The number of hydrogen-bond donors (Lipinski definition) is 1. The molecule has 1 N–H and O–H groups in total. The summed E-state index contributed by atoms with van der Waals surface area (Å²) in [7, 11) is 0. The topological polar surface area (TPSA) is 54.4 Å². The quantitative estimate of drug-likeness (QED) is 0.457. The smallest absolute Gasteiger partial charge is 0.313 e. The molecular formula is C30H44O3. The number of carboxylic acids is 1. The maximum absolute atomic E-state index is 14.1. The van der Waals surface area contributed by atoms with Gasteiger partial charge in [-0.1, -0.05) is 47.6 Å². The van der Waals surface area contributed by atoms with E-state index in [4.69, 9.17) is 0 Å². The van der Waals surface area contributed by atoms with Gasteiger partial charge in [-0.3, -0.25) is 9.59 Å². The van der Waals surface area contributed by atoms with Crippen molar-refractivity contribution in [2.24, 2.45) is 50.7 Å². The van der Waals surface area contributed by atoms with Gasteiger partial charge < -0.3 is 5.11 Å². The standard InChI is InChI=1S/C30H44O3/c1-18-8-12-30(7)23(26(18,2)3)10-13-29(6)20-9-11-27(4)14-15-28(5,25(32)33)17-21(27)19(20)16-22(31)24(29)30/h16-18,20,23-24H,8-15H2,1-7H3,(H,32,33)/t18-,20+,23-,24-,27-,28-,29-,30-/m0/s1. The van der Waals surface area contributed by atoms with Gasteiger partial charge in [0.1, 0.15) is 0 Å². The molecule has 0 heterocycles. The van der Waals surface area contributed by atoms with Crippen LogP contribution >= 0.6 is 0 Å². The number of allylic oxidation sites excluding steroid dienone is 3. The summed E-state index contributed by atoms with van der Waals surface area (Å²) in [6.45, 7) is 16.3. The third-order valence-electron chi connectivity index (χ3n) is 12.2. The number of aliphatic carboxylic acids is 1. The van der Waals surface area contributed by atoms with Crippen LogP contribution in [0.3, 0.4) is 0 Å². The van der Waals surface area contributed by atoms with Crippen molar-refractivity contribution in [1.82, 2.24) is 0 Å². The number of ketones is 1. The lowest BCUT2D eigenvalue weighted by atomic mass is 9.37. The summed E-state index contributed by atoms with van der Waals surface area (Å²) in [4.78, 5) is 26.2. The highest BCUT2D eigenvalue weighted by Gasteiger charge is 2.65. The Morgan fingerprint density at radius 3 is 2.24 bits per heavy atom. The summed E-state index contributed by atoms with van der Waals surface area (Å²) in [6.07, 6.45) is 12.6. The van der Waals surface area contributed by atoms with Gasteiger partial charge in [-0.2, -0.15) is 0 Å². The summed E-state index contributed by atoms with van der Waals surface area (Å²) < 4.78 is 0. The van der Waals surface area contributed by atoms with E-state index in [0.29, 0.717) is 30.0 Å². The fourth-order valence-electron chi connectivity index (χ4n) is 9.69. The first-order valence-electron chi connectivity index (χ1n) is 13.4. The Morgan fingerprint density at radius 1 is 0.909 bits per heavy atom. The van der Waals surface area contributed by atoms with Crippen LogP contribution < -0.4 is 0 Å². The monoisotopic (exact) mass is 452 g/mol. The van der Waals surface area contributed by atoms with Crippen LogP contribution in [0.25, 0.3) is 0 Å². The van der Waals surface area contributed by atoms with Crippen molar-refractivity contribution in [3.8, 4) is 0 Å². The van der Waals surface area contributed by atoms with Gasteiger partial charge >= 0.3 is 5.97 Å². The zero-order valence-corrected chi connectivity index (χ0v) is 21.9. The van der Waals surface area contributed by atoms with Crippen molar-refractivity contribution < 1.29 is 14.7 Å². The molecule has 3 saturated carbocycles. The molecule has 0 spiro atoms. The predicted octanol–water partition coefficient (Wildman–Crippen LogP) is 7.22. The second-order valence-corrected chi connectivity index (χ2v) is 14.2. The summed E-state index contributed by atoms with van der Waals surface area (Å²) in [5.74, 6) is 1.33. The van der Waals surface area contributed by atoms with Crippen molar-refractivity contribution in [2.45, 2.75) is 99.8 Å².